The van der Waals surface area contributed by atoms with Gasteiger partial charge in [-0.25, -0.2) is 4.98 Å². The SMILES string of the molecule is Cc1cc(Br)c2nc(Cl)n(CC(C)(C)O[Si](c3ccccc3)(c3ccccc3)C(C)(C)C)c(=O)c2c1. The van der Waals surface area contributed by atoms with Gasteiger partial charge in [0.2, 0.25) is 5.28 Å². The highest BCUT2D eigenvalue weighted by atomic mass is 79.9. The normalized spacial score (nSPS) is 12.8. The van der Waals surface area contributed by atoms with E-state index in [1.54, 1.807) is 0 Å². The van der Waals surface area contributed by atoms with E-state index >= 15 is 0 Å². The molecule has 0 saturated carbocycles. The lowest BCUT2D eigenvalue weighted by Gasteiger charge is -2.47. The molecule has 4 rings (SSSR count). The van der Waals surface area contributed by atoms with Crippen LogP contribution >= 0.6 is 27.5 Å². The molecule has 0 atom stereocenters. The third-order valence-corrected chi connectivity index (χ3v) is 12.7. The van der Waals surface area contributed by atoms with Crippen LogP contribution in [0.5, 0.6) is 0 Å². The molecule has 0 aliphatic carbocycles. The monoisotopic (exact) mass is 582 g/mol. The molecule has 0 aliphatic rings. The van der Waals surface area contributed by atoms with Gasteiger partial charge in [-0.2, -0.15) is 0 Å². The first kappa shape index (κ1) is 26.8. The first-order chi connectivity index (χ1) is 16.9. The number of fused-ring (bicyclic) bond motifs is 1. The fourth-order valence-corrected chi connectivity index (χ4v) is 10.7. The first-order valence-electron chi connectivity index (χ1n) is 12.0. The zero-order valence-electron chi connectivity index (χ0n) is 21.6. The van der Waals surface area contributed by atoms with E-state index in [0.717, 1.165) is 10.0 Å². The maximum atomic E-state index is 13.6. The van der Waals surface area contributed by atoms with Crippen LogP contribution in [-0.4, -0.2) is 23.5 Å². The lowest BCUT2D eigenvalue weighted by molar-refractivity contribution is 0.0766. The molecular weight excluding hydrogens is 552 g/mol. The van der Waals surface area contributed by atoms with Gasteiger partial charge in [0.25, 0.3) is 13.9 Å². The summed E-state index contributed by atoms with van der Waals surface area (Å²) in [6, 6.07) is 24.8. The van der Waals surface area contributed by atoms with Crippen molar-refractivity contribution in [1.82, 2.24) is 9.55 Å². The van der Waals surface area contributed by atoms with Crippen molar-refractivity contribution in [2.24, 2.45) is 0 Å². The zero-order valence-corrected chi connectivity index (χ0v) is 24.9. The van der Waals surface area contributed by atoms with E-state index in [9.17, 15) is 4.79 Å². The second kappa shape index (κ2) is 9.90. The summed E-state index contributed by atoms with van der Waals surface area (Å²) in [5.74, 6) is 0. The minimum Gasteiger partial charge on any atom is -0.401 e. The van der Waals surface area contributed by atoms with Gasteiger partial charge in [0.15, 0.2) is 0 Å². The number of halogens is 2. The molecule has 1 heterocycles. The van der Waals surface area contributed by atoms with Gasteiger partial charge in [0.1, 0.15) is 0 Å². The van der Waals surface area contributed by atoms with Crippen LogP contribution in [0.1, 0.15) is 40.2 Å². The molecule has 0 bridgehead atoms. The summed E-state index contributed by atoms with van der Waals surface area (Å²) in [5, 5.41) is 2.87. The lowest BCUT2D eigenvalue weighted by atomic mass is 10.1. The molecule has 0 spiro atoms. The van der Waals surface area contributed by atoms with Gasteiger partial charge in [-0.15, -0.1) is 0 Å². The Morgan fingerprint density at radius 1 is 0.944 bits per heavy atom. The van der Waals surface area contributed by atoms with Crippen LogP contribution in [0.3, 0.4) is 0 Å². The highest BCUT2D eigenvalue weighted by molar-refractivity contribution is 9.10. The fourth-order valence-electron chi connectivity index (χ4n) is 5.01. The van der Waals surface area contributed by atoms with Crippen LogP contribution in [-0.2, 0) is 11.0 Å². The highest BCUT2D eigenvalue weighted by Crippen LogP contribution is 2.39. The highest BCUT2D eigenvalue weighted by Gasteiger charge is 2.52. The first-order valence-corrected chi connectivity index (χ1v) is 15.1. The molecular formula is C29H32BrClN2O2Si. The number of benzene rings is 3. The fraction of sp³-hybridized carbons (Fsp3) is 0.310. The van der Waals surface area contributed by atoms with Crippen LogP contribution in [0, 0.1) is 6.92 Å². The van der Waals surface area contributed by atoms with Crippen molar-refractivity contribution in [1.29, 1.82) is 0 Å². The Bertz CT molecular complexity index is 1410. The molecule has 4 nitrogen and oxygen atoms in total. The molecule has 1 aromatic heterocycles. The number of aryl methyl sites for hydroxylation is 1. The second-order valence-electron chi connectivity index (χ2n) is 10.9. The predicted molar refractivity (Wildman–Crippen MR) is 156 cm³/mol. The van der Waals surface area contributed by atoms with Crippen molar-refractivity contribution < 1.29 is 4.43 Å². The Kier molecular flexibility index (Phi) is 7.37. The van der Waals surface area contributed by atoms with Gasteiger partial charge in [0.05, 0.1) is 23.0 Å². The van der Waals surface area contributed by atoms with Gasteiger partial charge in [-0.3, -0.25) is 9.36 Å². The van der Waals surface area contributed by atoms with E-state index < -0.39 is 13.9 Å². The minimum absolute atomic E-state index is 0.149. The van der Waals surface area contributed by atoms with Crippen molar-refractivity contribution in [2.45, 2.75) is 58.7 Å². The van der Waals surface area contributed by atoms with Crippen LogP contribution in [0.25, 0.3) is 10.9 Å². The molecule has 3 aromatic carbocycles. The summed E-state index contributed by atoms with van der Waals surface area (Å²) >= 11 is 10.1. The van der Waals surface area contributed by atoms with E-state index in [-0.39, 0.29) is 22.4 Å². The van der Waals surface area contributed by atoms with Crippen molar-refractivity contribution in [3.8, 4) is 0 Å². The maximum absolute atomic E-state index is 13.6. The summed E-state index contributed by atoms with van der Waals surface area (Å²) in [4.78, 5) is 18.2. The third kappa shape index (κ3) is 4.97. The third-order valence-electron chi connectivity index (χ3n) is 6.50. The Balaban J connectivity index is 1.87. The Labute approximate surface area is 227 Å². The number of hydrogen-bond donors (Lipinski definition) is 0. The van der Waals surface area contributed by atoms with Crippen molar-refractivity contribution >= 4 is 57.1 Å². The van der Waals surface area contributed by atoms with Crippen LogP contribution in [0.4, 0.5) is 0 Å². The van der Waals surface area contributed by atoms with Crippen LogP contribution in [0.2, 0.25) is 10.3 Å². The molecule has 36 heavy (non-hydrogen) atoms. The molecule has 0 radical (unpaired) electrons. The topological polar surface area (TPSA) is 44.1 Å². The Morgan fingerprint density at radius 2 is 1.47 bits per heavy atom. The van der Waals surface area contributed by atoms with Crippen molar-refractivity contribution in [2.75, 3.05) is 0 Å². The van der Waals surface area contributed by atoms with E-state index in [4.69, 9.17) is 16.0 Å². The molecule has 7 heteroatoms. The average Bonchev–Trinajstić information content (AvgIpc) is 2.81. The second-order valence-corrected chi connectivity index (χ2v) is 16.4. The Morgan fingerprint density at radius 3 is 1.97 bits per heavy atom. The summed E-state index contributed by atoms with van der Waals surface area (Å²) in [6.07, 6.45) is 0. The number of hydrogen-bond acceptors (Lipinski definition) is 3. The van der Waals surface area contributed by atoms with Gasteiger partial charge in [-0.1, -0.05) is 81.4 Å². The van der Waals surface area contributed by atoms with E-state index in [1.807, 2.05) is 45.0 Å². The van der Waals surface area contributed by atoms with E-state index in [2.05, 4.69) is 90.2 Å². The van der Waals surface area contributed by atoms with E-state index in [1.165, 1.54) is 14.9 Å². The van der Waals surface area contributed by atoms with Gasteiger partial charge in [-0.05, 0) is 81.4 Å². The maximum Gasteiger partial charge on any atom is 0.262 e. The average molecular weight is 584 g/mol. The molecule has 188 valence electrons. The molecule has 4 aromatic rings. The van der Waals surface area contributed by atoms with Gasteiger partial charge < -0.3 is 4.43 Å². The van der Waals surface area contributed by atoms with Gasteiger partial charge in [0, 0.05) is 4.47 Å². The summed E-state index contributed by atoms with van der Waals surface area (Å²) < 4.78 is 9.61. The summed E-state index contributed by atoms with van der Waals surface area (Å²) in [7, 11) is -2.83. The molecule has 0 amide bonds. The molecule has 0 N–H and O–H groups in total. The van der Waals surface area contributed by atoms with E-state index in [0.29, 0.717) is 10.9 Å². The van der Waals surface area contributed by atoms with Crippen LogP contribution < -0.4 is 15.9 Å². The zero-order chi connectivity index (χ0) is 26.3. The van der Waals surface area contributed by atoms with Crippen molar-refractivity contribution in [3.05, 3.63) is 98.5 Å². The predicted octanol–water partition coefficient (Wildman–Crippen LogP) is 6.48. The number of rotatable bonds is 6. The molecule has 0 saturated heterocycles. The minimum atomic E-state index is -2.83. The standard InChI is InChI=1S/C29H32BrClN2O2Si/c1-20-17-23-25(24(30)18-20)32-27(31)33(26(23)34)19-29(5,6)35-36(28(2,3)4,21-13-9-7-10-14-21)22-15-11-8-12-16-22/h7-18H,19H2,1-6H3. The molecule has 0 aliphatic heterocycles. The summed E-state index contributed by atoms with van der Waals surface area (Å²) in [6.45, 7) is 13.0. The van der Waals surface area contributed by atoms with Crippen LogP contribution in [0.15, 0.2) is 82.1 Å². The lowest BCUT2D eigenvalue weighted by Crippen LogP contribution is -2.69. The van der Waals surface area contributed by atoms with Gasteiger partial charge >= 0.3 is 0 Å². The molecule has 0 fully saturated rings. The number of aromatic nitrogens is 2. The quantitative estimate of drug-likeness (QED) is 0.193. The smallest absolute Gasteiger partial charge is 0.262 e. The van der Waals surface area contributed by atoms with Crippen molar-refractivity contribution in [3.63, 3.8) is 0 Å². The Hall–Kier alpha value is -2.25. The molecule has 0 unspecified atom stereocenters. The largest absolute Gasteiger partial charge is 0.401 e. The summed E-state index contributed by atoms with van der Waals surface area (Å²) in [5.41, 5.74) is 0.644. The number of nitrogens with zero attached hydrogens (tertiary/aromatic N) is 2.